The molecule has 1 aromatic rings. The van der Waals surface area contributed by atoms with Crippen LogP contribution in [0.15, 0.2) is 29.2 Å². The minimum absolute atomic E-state index is 0.112. The number of piperidine rings is 1. The summed E-state index contributed by atoms with van der Waals surface area (Å²) >= 11 is 0.268. The second-order valence-corrected chi connectivity index (χ2v) is 13.2. The Morgan fingerprint density at radius 1 is 1.10 bits per heavy atom. The summed E-state index contributed by atoms with van der Waals surface area (Å²) in [5.74, 6) is -5.36. The summed E-state index contributed by atoms with van der Waals surface area (Å²) in [5.41, 5.74) is -2.63. The molecule has 13 heteroatoms. The topological polar surface area (TPSA) is 85.7 Å². The van der Waals surface area contributed by atoms with E-state index in [1.165, 1.54) is 12.1 Å². The zero-order valence-corrected chi connectivity index (χ0v) is 23.5. The van der Waals surface area contributed by atoms with Crippen LogP contribution in [-0.2, 0) is 27.2 Å². The Labute approximate surface area is 234 Å². The first-order chi connectivity index (χ1) is 18.6. The third-order valence-corrected chi connectivity index (χ3v) is 8.86. The first kappa shape index (κ1) is 30.4. The highest BCUT2D eigenvalue weighted by atomic mass is 32.2. The molecule has 1 aromatic carbocycles. The normalized spacial score (nSPS) is 23.9. The molecular weight excluding hydrogens is 555 g/mol. The number of amides is 2. The summed E-state index contributed by atoms with van der Waals surface area (Å²) in [7, 11) is 0. The number of hydrogen-bond acceptors (Lipinski definition) is 5. The van der Waals surface area contributed by atoms with Gasteiger partial charge in [-0.05, 0) is 58.6 Å². The summed E-state index contributed by atoms with van der Waals surface area (Å²) in [6.07, 6.45) is -3.76. The van der Waals surface area contributed by atoms with Gasteiger partial charge in [0.1, 0.15) is 16.4 Å². The number of nitrogens with zero attached hydrogens (tertiary/aromatic N) is 3. The molecule has 3 fully saturated rings. The van der Waals surface area contributed by atoms with Gasteiger partial charge in [0, 0.05) is 43.9 Å². The summed E-state index contributed by atoms with van der Waals surface area (Å²) in [4.78, 5) is 29.3. The van der Waals surface area contributed by atoms with Gasteiger partial charge < -0.3 is 15.0 Å². The maximum atomic E-state index is 14.3. The van der Waals surface area contributed by atoms with Gasteiger partial charge >= 0.3 is 18.2 Å². The molecular formula is C27H34F5N4O3S+. The van der Waals surface area contributed by atoms with Crippen molar-refractivity contribution in [3.05, 3.63) is 29.8 Å². The molecule has 0 bridgehead atoms. The molecule has 2 amide bonds. The van der Waals surface area contributed by atoms with E-state index in [0.29, 0.717) is 45.3 Å². The highest BCUT2D eigenvalue weighted by Gasteiger charge is 2.61. The van der Waals surface area contributed by atoms with Crippen LogP contribution >= 0.6 is 0 Å². The molecule has 40 heavy (non-hydrogen) atoms. The van der Waals surface area contributed by atoms with Crippen LogP contribution in [0.3, 0.4) is 0 Å². The number of nitriles is 1. The number of alkyl halides is 5. The van der Waals surface area contributed by atoms with Crippen molar-refractivity contribution in [1.29, 1.82) is 5.26 Å². The number of thiol groups is 1. The molecule has 1 N–H and O–H groups in total. The number of halogens is 5. The monoisotopic (exact) mass is 589 g/mol. The number of likely N-dealkylation sites (tertiary alicyclic amines) is 2. The molecule has 2 atom stereocenters. The van der Waals surface area contributed by atoms with Crippen molar-refractivity contribution in [3.8, 4) is 6.07 Å². The molecule has 7 nitrogen and oxygen atoms in total. The van der Waals surface area contributed by atoms with Gasteiger partial charge in [0.15, 0.2) is 4.90 Å². The summed E-state index contributed by atoms with van der Waals surface area (Å²) in [6.45, 7) is 6.44. The van der Waals surface area contributed by atoms with E-state index in [4.69, 9.17) is 4.74 Å². The fraction of sp³-hybridized carbons (Fsp3) is 0.667. The van der Waals surface area contributed by atoms with Gasteiger partial charge in [0.25, 0.3) is 0 Å². The molecule has 2 heterocycles. The summed E-state index contributed by atoms with van der Waals surface area (Å²) < 4.78 is 73.7. The van der Waals surface area contributed by atoms with Crippen molar-refractivity contribution in [2.75, 3.05) is 19.6 Å². The first-order valence-corrected chi connectivity index (χ1v) is 14.2. The Bertz CT molecular complexity index is 1150. The Balaban J connectivity index is 1.51. The van der Waals surface area contributed by atoms with Gasteiger partial charge in [-0.25, -0.2) is 4.79 Å². The maximum absolute atomic E-state index is 14.3. The van der Waals surface area contributed by atoms with Crippen molar-refractivity contribution in [3.63, 3.8) is 0 Å². The van der Waals surface area contributed by atoms with Gasteiger partial charge in [-0.15, -0.1) is 0 Å². The Kier molecular flexibility index (Phi) is 8.36. The molecule has 0 spiro atoms. The van der Waals surface area contributed by atoms with E-state index in [1.54, 1.807) is 25.7 Å². The fourth-order valence-corrected chi connectivity index (χ4v) is 6.70. The van der Waals surface area contributed by atoms with Crippen molar-refractivity contribution < 1.29 is 36.3 Å². The summed E-state index contributed by atoms with van der Waals surface area (Å²) in [6, 6.07) is 5.98. The van der Waals surface area contributed by atoms with Crippen molar-refractivity contribution in [1.82, 2.24) is 15.1 Å². The molecule has 2 unspecified atom stereocenters. The van der Waals surface area contributed by atoms with Crippen LogP contribution in [0.25, 0.3) is 0 Å². The third kappa shape index (κ3) is 6.65. The highest BCUT2D eigenvalue weighted by Crippen LogP contribution is 2.46. The van der Waals surface area contributed by atoms with Gasteiger partial charge in [-0.3, -0.25) is 9.69 Å². The minimum atomic E-state index is -5.74. The average molecular weight is 590 g/mol. The smallest absolute Gasteiger partial charge is 0.444 e. The van der Waals surface area contributed by atoms with Crippen molar-refractivity contribution >= 4 is 23.8 Å². The van der Waals surface area contributed by atoms with E-state index in [9.17, 15) is 36.8 Å². The average Bonchev–Trinajstić information content (AvgIpc) is 3.51. The number of hydrogen-bond donors (Lipinski definition) is 1. The van der Waals surface area contributed by atoms with Crippen LogP contribution in [0.5, 0.6) is 0 Å². The molecule has 2 saturated heterocycles. The molecule has 0 radical (unpaired) electrons. The first-order valence-electron chi connectivity index (χ1n) is 13.3. The molecule has 1 aliphatic carbocycles. The third-order valence-electron chi connectivity index (χ3n) is 7.45. The van der Waals surface area contributed by atoms with Gasteiger partial charge in [0.05, 0.1) is 17.7 Å². The van der Waals surface area contributed by atoms with E-state index < -0.39 is 40.9 Å². The molecule has 1 saturated carbocycles. The van der Waals surface area contributed by atoms with Gasteiger partial charge in [-0.1, -0.05) is 12.1 Å². The number of carbonyl (C=O) groups excluding carboxylic acids is 2. The highest BCUT2D eigenvalue weighted by molar-refractivity contribution is 7.79. The Morgan fingerprint density at radius 3 is 2.27 bits per heavy atom. The van der Waals surface area contributed by atoms with E-state index >= 15 is 0 Å². The molecule has 2 aliphatic heterocycles. The van der Waals surface area contributed by atoms with Gasteiger partial charge in [0.2, 0.25) is 5.91 Å². The minimum Gasteiger partial charge on any atom is -0.444 e. The quantitative estimate of drug-likeness (QED) is 0.300. The number of ether oxygens (including phenoxy) is 1. The zero-order chi connectivity index (χ0) is 29.5. The fourth-order valence-electron chi connectivity index (χ4n) is 5.21. The lowest BCUT2D eigenvalue weighted by Gasteiger charge is -2.39. The Morgan fingerprint density at radius 2 is 1.73 bits per heavy atom. The van der Waals surface area contributed by atoms with Crippen LogP contribution < -0.4 is 5.32 Å². The van der Waals surface area contributed by atoms with E-state index in [2.05, 4.69) is 11.4 Å². The maximum Gasteiger partial charge on any atom is 0.458 e. The van der Waals surface area contributed by atoms with Crippen LogP contribution in [0.4, 0.5) is 26.7 Å². The number of nitrogens with one attached hydrogen (secondary N) is 1. The van der Waals surface area contributed by atoms with Crippen LogP contribution in [0.2, 0.25) is 0 Å². The van der Waals surface area contributed by atoms with E-state index in [1.807, 2.05) is 4.90 Å². The predicted octanol–water partition coefficient (Wildman–Crippen LogP) is 4.53. The SMILES string of the molecule is CC(C)(C)OC(=O)N1CCC(N2CC([SH+]c3ccccc3C(F)(F)C(F)(F)F)CC2C(=O)NC2(C#N)CC2)CC1. The van der Waals surface area contributed by atoms with Crippen molar-refractivity contribution in [2.45, 2.75) is 98.3 Å². The van der Waals surface area contributed by atoms with Crippen LogP contribution in [-0.4, -0.2) is 76.1 Å². The predicted molar refractivity (Wildman–Crippen MR) is 139 cm³/mol. The van der Waals surface area contributed by atoms with E-state index in [-0.39, 0.29) is 40.3 Å². The molecule has 0 aromatic heterocycles. The van der Waals surface area contributed by atoms with Crippen LogP contribution in [0.1, 0.15) is 58.4 Å². The number of carbonyl (C=O) groups is 2. The lowest BCUT2D eigenvalue weighted by molar-refractivity contribution is -0.290. The summed E-state index contributed by atoms with van der Waals surface area (Å²) in [5, 5.41) is 11.9. The second-order valence-electron chi connectivity index (χ2n) is 11.7. The number of benzene rings is 1. The number of rotatable bonds is 6. The van der Waals surface area contributed by atoms with Crippen LogP contribution in [0, 0.1) is 11.3 Å². The van der Waals surface area contributed by atoms with Gasteiger partial charge in [-0.2, -0.15) is 27.2 Å². The molecule has 4 rings (SSSR count). The molecule has 3 aliphatic rings. The standard InChI is InChI=1S/C27H33F5N4O3S/c1-24(2,3)39-23(38)35-12-8-17(9-13-35)36-15-18(14-20(36)22(37)34-25(16-33)10-11-25)40-21-7-5-4-6-19(21)26(28,29)27(30,31)32/h4-7,17-18,20H,8-15H2,1-3H3,(H,34,37)/p+1. The lowest BCUT2D eigenvalue weighted by Crippen LogP contribution is -2.54. The van der Waals surface area contributed by atoms with Crippen molar-refractivity contribution in [2.24, 2.45) is 0 Å². The largest absolute Gasteiger partial charge is 0.458 e. The molecule has 220 valence electrons. The Hall–Kier alpha value is -2.59. The second kappa shape index (κ2) is 11.0. The van der Waals surface area contributed by atoms with E-state index in [0.717, 1.165) is 12.1 Å². The zero-order valence-electron chi connectivity index (χ0n) is 22.6. The lowest BCUT2D eigenvalue weighted by atomic mass is 10.0.